The minimum atomic E-state index is -0.654. The number of nitrogens with two attached hydrogens (primary N) is 1. The molecule has 0 spiro atoms. The van der Waals surface area contributed by atoms with E-state index in [1.807, 2.05) is 0 Å². The van der Waals surface area contributed by atoms with Crippen molar-refractivity contribution in [1.29, 1.82) is 0 Å². The van der Waals surface area contributed by atoms with Gasteiger partial charge < -0.3 is 5.73 Å². The van der Waals surface area contributed by atoms with Crippen LogP contribution in [0.3, 0.4) is 0 Å². The molecular formula is C10H9FN2O2. The quantitative estimate of drug-likeness (QED) is 0.554. The molecule has 0 aliphatic carbocycles. The van der Waals surface area contributed by atoms with Crippen molar-refractivity contribution in [3.05, 3.63) is 24.0 Å². The first-order chi connectivity index (χ1) is 7.11. The highest BCUT2D eigenvalue weighted by Crippen LogP contribution is 2.30. The Morgan fingerprint density at radius 2 is 1.80 bits per heavy atom. The standard InChI is InChI=1S/C10H9FN2O2/c11-6-2-1-3-7(12)10(6)13-8(14)4-5-9(13)15/h1-3H,4-5,12H2. The van der Waals surface area contributed by atoms with Crippen molar-refractivity contribution >= 4 is 23.2 Å². The van der Waals surface area contributed by atoms with E-state index >= 15 is 0 Å². The normalized spacial score (nSPS) is 16.2. The van der Waals surface area contributed by atoms with Crippen LogP contribution in [0.2, 0.25) is 0 Å². The summed E-state index contributed by atoms with van der Waals surface area (Å²) in [5.74, 6) is -1.47. The molecule has 1 heterocycles. The van der Waals surface area contributed by atoms with Crippen LogP contribution in [0.5, 0.6) is 0 Å². The first-order valence-corrected chi connectivity index (χ1v) is 4.51. The summed E-state index contributed by atoms with van der Waals surface area (Å²) >= 11 is 0. The summed E-state index contributed by atoms with van der Waals surface area (Å²) in [5.41, 5.74) is 5.52. The minimum absolute atomic E-state index is 0.0959. The van der Waals surface area contributed by atoms with Gasteiger partial charge >= 0.3 is 0 Å². The Bertz CT molecular complexity index is 409. The first-order valence-electron chi connectivity index (χ1n) is 4.51. The minimum Gasteiger partial charge on any atom is -0.397 e. The molecule has 0 atom stereocenters. The summed E-state index contributed by atoms with van der Waals surface area (Å²) in [4.78, 5) is 23.6. The second kappa shape index (κ2) is 3.34. The molecule has 1 aromatic carbocycles. The van der Waals surface area contributed by atoms with Gasteiger partial charge in [0.25, 0.3) is 0 Å². The molecule has 0 bridgehead atoms. The van der Waals surface area contributed by atoms with Crippen LogP contribution in [0.1, 0.15) is 12.8 Å². The fraction of sp³-hybridized carbons (Fsp3) is 0.200. The predicted molar refractivity (Wildman–Crippen MR) is 52.5 cm³/mol. The Balaban J connectivity index is 2.53. The van der Waals surface area contributed by atoms with Crippen LogP contribution in [0, 0.1) is 5.82 Å². The lowest BCUT2D eigenvalue weighted by atomic mass is 10.2. The molecule has 0 radical (unpaired) electrons. The molecule has 2 amide bonds. The van der Waals surface area contributed by atoms with Crippen molar-refractivity contribution in [3.8, 4) is 0 Å². The Morgan fingerprint density at radius 3 is 2.33 bits per heavy atom. The lowest BCUT2D eigenvalue weighted by Gasteiger charge is -2.16. The largest absolute Gasteiger partial charge is 0.397 e. The van der Waals surface area contributed by atoms with E-state index < -0.39 is 17.6 Å². The number of halogens is 1. The van der Waals surface area contributed by atoms with Crippen LogP contribution in [-0.4, -0.2) is 11.8 Å². The van der Waals surface area contributed by atoms with E-state index in [2.05, 4.69) is 0 Å². The highest BCUT2D eigenvalue weighted by molar-refractivity contribution is 6.21. The Kier molecular flexibility index (Phi) is 2.15. The predicted octanol–water partition coefficient (Wildman–Crippen LogP) is 1.06. The second-order valence-electron chi connectivity index (χ2n) is 3.30. The van der Waals surface area contributed by atoms with Crippen molar-refractivity contribution < 1.29 is 14.0 Å². The molecule has 0 aromatic heterocycles. The number of hydrogen-bond acceptors (Lipinski definition) is 3. The molecule has 4 nitrogen and oxygen atoms in total. The molecule has 1 aromatic rings. The number of benzene rings is 1. The fourth-order valence-corrected chi connectivity index (χ4v) is 1.59. The number of para-hydroxylation sites is 1. The van der Waals surface area contributed by atoms with Gasteiger partial charge in [-0.15, -0.1) is 0 Å². The summed E-state index contributed by atoms with van der Waals surface area (Å²) in [6.45, 7) is 0. The maximum Gasteiger partial charge on any atom is 0.234 e. The third-order valence-corrected chi connectivity index (χ3v) is 2.29. The van der Waals surface area contributed by atoms with Gasteiger partial charge in [-0.3, -0.25) is 9.59 Å². The summed E-state index contributed by atoms with van der Waals surface area (Å²) in [6.07, 6.45) is 0.235. The number of imide groups is 1. The molecular weight excluding hydrogens is 199 g/mol. The topological polar surface area (TPSA) is 63.4 Å². The molecule has 1 saturated heterocycles. The molecule has 1 aliphatic heterocycles. The lowest BCUT2D eigenvalue weighted by molar-refractivity contribution is -0.121. The van der Waals surface area contributed by atoms with Gasteiger partial charge in [-0.2, -0.15) is 0 Å². The molecule has 78 valence electrons. The summed E-state index contributed by atoms with van der Waals surface area (Å²) in [5, 5.41) is 0. The van der Waals surface area contributed by atoms with Gasteiger partial charge in [0.1, 0.15) is 11.5 Å². The molecule has 15 heavy (non-hydrogen) atoms. The smallest absolute Gasteiger partial charge is 0.234 e. The summed E-state index contributed by atoms with van der Waals surface area (Å²) in [6, 6.07) is 4.06. The maximum atomic E-state index is 13.4. The van der Waals surface area contributed by atoms with Crippen LogP contribution in [0.15, 0.2) is 18.2 Å². The van der Waals surface area contributed by atoms with Crippen LogP contribution in [0.25, 0.3) is 0 Å². The van der Waals surface area contributed by atoms with Crippen molar-refractivity contribution in [2.24, 2.45) is 0 Å². The van der Waals surface area contributed by atoms with Crippen molar-refractivity contribution in [3.63, 3.8) is 0 Å². The van der Waals surface area contributed by atoms with Crippen LogP contribution in [-0.2, 0) is 9.59 Å². The number of hydrogen-bond donors (Lipinski definition) is 1. The van der Waals surface area contributed by atoms with Crippen LogP contribution in [0.4, 0.5) is 15.8 Å². The second-order valence-corrected chi connectivity index (χ2v) is 3.30. The number of rotatable bonds is 1. The van der Waals surface area contributed by atoms with Crippen LogP contribution < -0.4 is 10.6 Å². The molecule has 1 aliphatic rings. The monoisotopic (exact) mass is 208 g/mol. The third-order valence-electron chi connectivity index (χ3n) is 2.29. The lowest BCUT2D eigenvalue weighted by Crippen LogP contribution is -2.30. The van der Waals surface area contributed by atoms with E-state index in [0.29, 0.717) is 0 Å². The van der Waals surface area contributed by atoms with E-state index in [1.165, 1.54) is 18.2 Å². The van der Waals surface area contributed by atoms with Crippen molar-refractivity contribution in [2.75, 3.05) is 10.6 Å². The number of nitrogens with zero attached hydrogens (tertiary/aromatic N) is 1. The van der Waals surface area contributed by atoms with E-state index in [0.717, 1.165) is 4.90 Å². The van der Waals surface area contributed by atoms with Crippen LogP contribution >= 0.6 is 0 Å². The number of carbonyl (C=O) groups excluding carboxylic acids is 2. The Morgan fingerprint density at radius 1 is 1.20 bits per heavy atom. The van der Waals surface area contributed by atoms with Gasteiger partial charge in [-0.1, -0.05) is 6.07 Å². The molecule has 0 saturated carbocycles. The number of anilines is 2. The summed E-state index contributed by atoms with van der Waals surface area (Å²) < 4.78 is 13.4. The average Bonchev–Trinajstić information content (AvgIpc) is 2.49. The molecule has 2 N–H and O–H groups in total. The van der Waals surface area contributed by atoms with E-state index in [-0.39, 0.29) is 24.2 Å². The summed E-state index contributed by atoms with van der Waals surface area (Å²) in [7, 11) is 0. The van der Waals surface area contributed by atoms with E-state index in [4.69, 9.17) is 5.73 Å². The SMILES string of the molecule is Nc1cccc(F)c1N1C(=O)CCC1=O. The zero-order valence-corrected chi connectivity index (χ0v) is 7.87. The van der Waals surface area contributed by atoms with Gasteiger partial charge in [0, 0.05) is 12.8 Å². The van der Waals surface area contributed by atoms with Gasteiger partial charge in [0.2, 0.25) is 11.8 Å². The van der Waals surface area contributed by atoms with E-state index in [9.17, 15) is 14.0 Å². The van der Waals surface area contributed by atoms with Gasteiger partial charge in [-0.25, -0.2) is 9.29 Å². The Labute approximate surface area is 85.5 Å². The zero-order valence-electron chi connectivity index (χ0n) is 7.87. The number of carbonyl (C=O) groups is 2. The molecule has 2 rings (SSSR count). The molecule has 5 heteroatoms. The number of nitrogen functional groups attached to an aromatic ring is 1. The Hall–Kier alpha value is -1.91. The third kappa shape index (κ3) is 1.45. The van der Waals surface area contributed by atoms with Crippen molar-refractivity contribution in [1.82, 2.24) is 0 Å². The molecule has 1 fully saturated rings. The van der Waals surface area contributed by atoms with Gasteiger partial charge in [0.05, 0.1) is 5.69 Å². The molecule has 0 unspecified atom stereocenters. The highest BCUT2D eigenvalue weighted by Gasteiger charge is 2.33. The van der Waals surface area contributed by atoms with E-state index in [1.54, 1.807) is 0 Å². The first kappa shape index (κ1) is 9.64. The van der Waals surface area contributed by atoms with Gasteiger partial charge in [-0.05, 0) is 12.1 Å². The van der Waals surface area contributed by atoms with Gasteiger partial charge in [0.15, 0.2) is 0 Å². The number of amides is 2. The zero-order chi connectivity index (χ0) is 11.0. The van der Waals surface area contributed by atoms with Crippen molar-refractivity contribution in [2.45, 2.75) is 12.8 Å². The highest BCUT2D eigenvalue weighted by atomic mass is 19.1. The maximum absolute atomic E-state index is 13.4. The fourth-order valence-electron chi connectivity index (χ4n) is 1.59. The average molecular weight is 208 g/mol.